The summed E-state index contributed by atoms with van der Waals surface area (Å²) < 4.78 is 13.4. The zero-order chi connectivity index (χ0) is 20.1. The summed E-state index contributed by atoms with van der Waals surface area (Å²) in [6, 6.07) is 16.0. The molecule has 0 aliphatic heterocycles. The van der Waals surface area contributed by atoms with Crippen LogP contribution in [0.15, 0.2) is 48.5 Å². The van der Waals surface area contributed by atoms with Crippen LogP contribution in [0.25, 0.3) is 11.0 Å². The van der Waals surface area contributed by atoms with Gasteiger partial charge in [0.1, 0.15) is 5.82 Å². The van der Waals surface area contributed by atoms with Crippen LogP contribution in [0.3, 0.4) is 0 Å². The topological polar surface area (TPSA) is 56.0 Å². The summed E-state index contributed by atoms with van der Waals surface area (Å²) in [5.74, 6) is 0.654. The van der Waals surface area contributed by atoms with Crippen molar-refractivity contribution in [3.8, 4) is 0 Å². The Morgan fingerprint density at radius 2 is 2.07 bits per heavy atom. The first-order valence-corrected chi connectivity index (χ1v) is 10.6. The van der Waals surface area contributed by atoms with Gasteiger partial charge in [0.2, 0.25) is 5.95 Å². The lowest BCUT2D eigenvalue weighted by atomic mass is 9.90. The molecule has 1 aliphatic rings. The third-order valence-corrected chi connectivity index (χ3v) is 5.89. The van der Waals surface area contributed by atoms with Gasteiger partial charge in [0.15, 0.2) is 0 Å². The molecule has 1 heterocycles. The Bertz CT molecular complexity index is 891. The second-order valence-corrected chi connectivity index (χ2v) is 7.87. The van der Waals surface area contributed by atoms with Crippen molar-refractivity contribution < 1.29 is 4.39 Å². The van der Waals surface area contributed by atoms with Crippen molar-refractivity contribution >= 4 is 17.0 Å². The SMILES string of the molecule is CCN(CNc1nc2ccccc2[nH]1)[C@H]1CCC[C@@H](NCc2cccc(F)c2)C1. The highest BCUT2D eigenvalue weighted by Crippen LogP contribution is 2.24. The molecule has 5 nitrogen and oxygen atoms in total. The minimum Gasteiger partial charge on any atom is -0.343 e. The summed E-state index contributed by atoms with van der Waals surface area (Å²) in [5.41, 5.74) is 3.04. The van der Waals surface area contributed by atoms with Crippen molar-refractivity contribution in [3.05, 3.63) is 59.9 Å². The van der Waals surface area contributed by atoms with Gasteiger partial charge in [-0.15, -0.1) is 0 Å². The van der Waals surface area contributed by atoms with E-state index >= 15 is 0 Å². The first-order valence-electron chi connectivity index (χ1n) is 10.6. The Labute approximate surface area is 171 Å². The zero-order valence-electron chi connectivity index (χ0n) is 17.0. The number of rotatable bonds is 8. The quantitative estimate of drug-likeness (QED) is 0.492. The fourth-order valence-electron chi connectivity index (χ4n) is 4.30. The van der Waals surface area contributed by atoms with E-state index in [1.165, 1.54) is 25.3 Å². The maximum atomic E-state index is 13.4. The molecule has 0 unspecified atom stereocenters. The number of hydrogen-bond donors (Lipinski definition) is 3. The molecule has 1 aliphatic carbocycles. The standard InChI is InChI=1S/C23H30FN5/c1-2-29(16-26-23-27-21-11-3-4-12-22(21)28-23)20-10-6-9-19(14-20)25-15-17-7-5-8-18(24)13-17/h3-5,7-8,11-13,19-20,25H,2,6,9-10,14-16H2,1H3,(H2,26,27,28)/t19-,20+/m1/s1. The van der Waals surface area contributed by atoms with Gasteiger partial charge in [-0.05, 0) is 55.6 Å². The third-order valence-electron chi connectivity index (χ3n) is 5.89. The summed E-state index contributed by atoms with van der Waals surface area (Å²) >= 11 is 0. The number of fused-ring (bicyclic) bond motifs is 1. The van der Waals surface area contributed by atoms with Crippen molar-refractivity contribution in [2.45, 2.75) is 51.2 Å². The van der Waals surface area contributed by atoms with Crippen molar-refractivity contribution in [1.82, 2.24) is 20.2 Å². The average molecular weight is 396 g/mol. The molecule has 3 aromatic rings. The highest BCUT2D eigenvalue weighted by molar-refractivity contribution is 5.77. The summed E-state index contributed by atoms with van der Waals surface area (Å²) in [4.78, 5) is 10.4. The molecule has 1 aromatic heterocycles. The molecule has 0 bridgehead atoms. The molecule has 6 heteroatoms. The lowest BCUT2D eigenvalue weighted by molar-refractivity contribution is 0.154. The second-order valence-electron chi connectivity index (χ2n) is 7.87. The lowest BCUT2D eigenvalue weighted by Gasteiger charge is -2.37. The summed E-state index contributed by atoms with van der Waals surface area (Å²) in [5, 5.41) is 7.09. The van der Waals surface area contributed by atoms with E-state index in [2.05, 4.69) is 32.4 Å². The van der Waals surface area contributed by atoms with Gasteiger partial charge >= 0.3 is 0 Å². The molecule has 2 aromatic carbocycles. The van der Waals surface area contributed by atoms with Crippen LogP contribution in [0.1, 0.15) is 38.2 Å². The van der Waals surface area contributed by atoms with Crippen LogP contribution in [0.5, 0.6) is 0 Å². The fourth-order valence-corrected chi connectivity index (χ4v) is 4.30. The molecule has 29 heavy (non-hydrogen) atoms. The highest BCUT2D eigenvalue weighted by Gasteiger charge is 2.25. The first kappa shape index (κ1) is 19.9. The van der Waals surface area contributed by atoms with E-state index in [1.54, 1.807) is 12.1 Å². The van der Waals surface area contributed by atoms with Gasteiger partial charge in [-0.3, -0.25) is 4.90 Å². The Hall–Kier alpha value is -2.44. The Kier molecular flexibility index (Phi) is 6.42. The van der Waals surface area contributed by atoms with Crippen LogP contribution in [0.4, 0.5) is 10.3 Å². The van der Waals surface area contributed by atoms with E-state index in [-0.39, 0.29) is 5.82 Å². The van der Waals surface area contributed by atoms with Crippen molar-refractivity contribution in [2.75, 3.05) is 18.5 Å². The second kappa shape index (κ2) is 9.37. The van der Waals surface area contributed by atoms with Crippen LogP contribution in [0, 0.1) is 5.82 Å². The molecule has 4 rings (SSSR count). The molecule has 0 amide bonds. The number of halogens is 1. The molecule has 3 N–H and O–H groups in total. The van der Waals surface area contributed by atoms with Crippen molar-refractivity contribution in [1.29, 1.82) is 0 Å². The number of nitrogens with zero attached hydrogens (tertiary/aromatic N) is 2. The molecule has 0 saturated heterocycles. The van der Waals surface area contributed by atoms with E-state index in [1.807, 2.05) is 30.3 Å². The molecule has 1 fully saturated rings. The maximum Gasteiger partial charge on any atom is 0.202 e. The van der Waals surface area contributed by atoms with E-state index in [0.717, 1.165) is 48.7 Å². The number of aromatic nitrogens is 2. The predicted molar refractivity (Wildman–Crippen MR) is 116 cm³/mol. The number of benzene rings is 2. The van der Waals surface area contributed by atoms with Gasteiger partial charge in [-0.2, -0.15) is 0 Å². The van der Waals surface area contributed by atoms with E-state index < -0.39 is 0 Å². The number of hydrogen-bond acceptors (Lipinski definition) is 4. The summed E-state index contributed by atoms with van der Waals surface area (Å²) in [7, 11) is 0. The van der Waals surface area contributed by atoms with E-state index in [4.69, 9.17) is 0 Å². The van der Waals surface area contributed by atoms with Crippen LogP contribution >= 0.6 is 0 Å². The van der Waals surface area contributed by atoms with Crippen LogP contribution in [-0.2, 0) is 6.54 Å². The molecular weight excluding hydrogens is 365 g/mol. The van der Waals surface area contributed by atoms with Gasteiger partial charge in [0.05, 0.1) is 17.7 Å². The Morgan fingerprint density at radius 1 is 1.17 bits per heavy atom. The number of imidazole rings is 1. The number of para-hydroxylation sites is 2. The average Bonchev–Trinajstić information content (AvgIpc) is 3.16. The normalized spacial score (nSPS) is 19.7. The van der Waals surface area contributed by atoms with Gasteiger partial charge in [0, 0.05) is 18.6 Å². The zero-order valence-corrected chi connectivity index (χ0v) is 17.0. The molecule has 1 saturated carbocycles. The molecule has 154 valence electrons. The van der Waals surface area contributed by atoms with E-state index in [0.29, 0.717) is 12.1 Å². The molecule has 0 radical (unpaired) electrons. The molecule has 2 atom stereocenters. The van der Waals surface area contributed by atoms with Gasteiger partial charge in [-0.1, -0.05) is 37.6 Å². The van der Waals surface area contributed by atoms with Crippen LogP contribution < -0.4 is 10.6 Å². The number of H-pyrrole nitrogens is 1. The predicted octanol–water partition coefficient (Wildman–Crippen LogP) is 4.49. The van der Waals surface area contributed by atoms with Gasteiger partial charge in [-0.25, -0.2) is 9.37 Å². The minimum absolute atomic E-state index is 0.167. The monoisotopic (exact) mass is 395 g/mol. The Balaban J connectivity index is 1.30. The molecular formula is C23H30FN5. The summed E-state index contributed by atoms with van der Waals surface area (Å²) in [6.07, 6.45) is 4.73. The highest BCUT2D eigenvalue weighted by atomic mass is 19.1. The van der Waals surface area contributed by atoms with Gasteiger partial charge in [0.25, 0.3) is 0 Å². The van der Waals surface area contributed by atoms with Gasteiger partial charge < -0.3 is 15.6 Å². The third kappa shape index (κ3) is 5.14. The van der Waals surface area contributed by atoms with E-state index in [9.17, 15) is 4.39 Å². The first-order chi connectivity index (χ1) is 14.2. The number of nitrogens with one attached hydrogen (secondary N) is 3. The smallest absolute Gasteiger partial charge is 0.202 e. The Morgan fingerprint density at radius 3 is 2.90 bits per heavy atom. The van der Waals surface area contributed by atoms with Crippen molar-refractivity contribution in [2.24, 2.45) is 0 Å². The largest absolute Gasteiger partial charge is 0.343 e. The lowest BCUT2D eigenvalue weighted by Crippen LogP contribution is -2.46. The number of aromatic amines is 1. The number of anilines is 1. The van der Waals surface area contributed by atoms with Crippen LogP contribution in [-0.4, -0.2) is 40.2 Å². The fraction of sp³-hybridized carbons (Fsp3) is 0.435. The van der Waals surface area contributed by atoms with Crippen molar-refractivity contribution in [3.63, 3.8) is 0 Å². The molecule has 0 spiro atoms. The maximum absolute atomic E-state index is 13.4. The summed E-state index contributed by atoms with van der Waals surface area (Å²) in [6.45, 7) is 4.70. The van der Waals surface area contributed by atoms with Crippen LogP contribution in [0.2, 0.25) is 0 Å². The minimum atomic E-state index is -0.167.